The fourth-order valence-corrected chi connectivity index (χ4v) is 2.07. The summed E-state index contributed by atoms with van der Waals surface area (Å²) in [5.41, 5.74) is -0.360. The van der Waals surface area contributed by atoms with Crippen molar-refractivity contribution in [2.45, 2.75) is 39.8 Å². The van der Waals surface area contributed by atoms with Gasteiger partial charge in [-0.15, -0.1) is 0 Å². The van der Waals surface area contributed by atoms with Crippen LogP contribution >= 0.6 is 0 Å². The Hall–Kier alpha value is -2.51. The summed E-state index contributed by atoms with van der Waals surface area (Å²) in [5, 5.41) is 2.88. The van der Waals surface area contributed by atoms with Crippen LogP contribution in [-0.4, -0.2) is 23.2 Å². The molecule has 0 atom stereocenters. The van der Waals surface area contributed by atoms with Crippen LogP contribution in [0.5, 0.6) is 11.6 Å². The number of benzene rings is 1. The molecule has 0 radical (unpaired) electrons. The molecule has 8 heteroatoms. The SMILES string of the molecule is CCCCOc1ccc(Nc2ncc(C(F)(F)F)c(OCC(C)C)n2)cc1. The average molecular weight is 383 g/mol. The zero-order valence-corrected chi connectivity index (χ0v) is 15.6. The first kappa shape index (κ1) is 20.8. The lowest BCUT2D eigenvalue weighted by Gasteiger charge is -2.15. The maximum Gasteiger partial charge on any atom is 0.423 e. The molecule has 1 heterocycles. The summed E-state index contributed by atoms with van der Waals surface area (Å²) < 4.78 is 50.1. The molecule has 2 rings (SSSR count). The quantitative estimate of drug-likeness (QED) is 0.583. The van der Waals surface area contributed by atoms with Gasteiger partial charge in [0.2, 0.25) is 11.8 Å². The fourth-order valence-electron chi connectivity index (χ4n) is 2.07. The first-order valence-corrected chi connectivity index (χ1v) is 8.86. The van der Waals surface area contributed by atoms with Crippen LogP contribution < -0.4 is 14.8 Å². The Labute approximate surface area is 156 Å². The molecule has 1 aromatic carbocycles. The summed E-state index contributed by atoms with van der Waals surface area (Å²) in [7, 11) is 0. The van der Waals surface area contributed by atoms with E-state index in [1.807, 2.05) is 13.8 Å². The zero-order valence-electron chi connectivity index (χ0n) is 15.6. The Balaban J connectivity index is 2.12. The maximum atomic E-state index is 13.1. The molecular formula is C19H24F3N3O2. The average Bonchev–Trinajstić information content (AvgIpc) is 2.61. The number of hydrogen-bond acceptors (Lipinski definition) is 5. The normalized spacial score (nSPS) is 11.5. The minimum absolute atomic E-state index is 0.0291. The van der Waals surface area contributed by atoms with Crippen molar-refractivity contribution in [2.24, 2.45) is 5.92 Å². The second kappa shape index (κ2) is 9.43. The van der Waals surface area contributed by atoms with Crippen LogP contribution in [0.2, 0.25) is 0 Å². The Kier molecular flexibility index (Phi) is 7.27. The van der Waals surface area contributed by atoms with E-state index in [1.54, 1.807) is 24.3 Å². The minimum atomic E-state index is -4.58. The first-order chi connectivity index (χ1) is 12.8. The number of unbranched alkanes of at least 4 members (excludes halogenated alkanes) is 1. The highest BCUT2D eigenvalue weighted by atomic mass is 19.4. The second-order valence-corrected chi connectivity index (χ2v) is 6.47. The molecule has 5 nitrogen and oxygen atoms in total. The van der Waals surface area contributed by atoms with Crippen LogP contribution in [0.25, 0.3) is 0 Å². The van der Waals surface area contributed by atoms with E-state index >= 15 is 0 Å². The molecule has 2 aromatic rings. The van der Waals surface area contributed by atoms with Gasteiger partial charge in [0.15, 0.2) is 0 Å². The smallest absolute Gasteiger partial charge is 0.423 e. The number of nitrogens with one attached hydrogen (secondary N) is 1. The van der Waals surface area contributed by atoms with Gasteiger partial charge in [0.1, 0.15) is 11.3 Å². The van der Waals surface area contributed by atoms with Crippen LogP contribution in [0.1, 0.15) is 39.2 Å². The van der Waals surface area contributed by atoms with E-state index in [2.05, 4.69) is 22.2 Å². The summed E-state index contributed by atoms with van der Waals surface area (Å²) in [6.45, 7) is 6.54. The molecule has 27 heavy (non-hydrogen) atoms. The molecular weight excluding hydrogens is 359 g/mol. The molecule has 0 fully saturated rings. The third-order valence-electron chi connectivity index (χ3n) is 3.49. The van der Waals surface area contributed by atoms with E-state index in [0.717, 1.165) is 24.8 Å². The first-order valence-electron chi connectivity index (χ1n) is 8.86. The second-order valence-electron chi connectivity index (χ2n) is 6.47. The van der Waals surface area contributed by atoms with Crippen molar-refractivity contribution in [3.63, 3.8) is 0 Å². The van der Waals surface area contributed by atoms with E-state index in [9.17, 15) is 13.2 Å². The van der Waals surface area contributed by atoms with Gasteiger partial charge >= 0.3 is 6.18 Å². The lowest BCUT2D eigenvalue weighted by molar-refractivity contribution is -0.139. The van der Waals surface area contributed by atoms with Crippen molar-refractivity contribution in [1.29, 1.82) is 0 Å². The Morgan fingerprint density at radius 1 is 1.11 bits per heavy atom. The van der Waals surface area contributed by atoms with Crippen molar-refractivity contribution >= 4 is 11.6 Å². The van der Waals surface area contributed by atoms with E-state index in [0.29, 0.717) is 12.3 Å². The summed E-state index contributed by atoms with van der Waals surface area (Å²) in [5.74, 6) is 0.343. The maximum absolute atomic E-state index is 13.1. The fraction of sp³-hybridized carbons (Fsp3) is 0.474. The number of anilines is 2. The molecule has 0 bridgehead atoms. The molecule has 0 unspecified atom stereocenters. The van der Waals surface area contributed by atoms with Gasteiger partial charge in [0, 0.05) is 11.9 Å². The largest absolute Gasteiger partial charge is 0.494 e. The van der Waals surface area contributed by atoms with Gasteiger partial charge in [-0.25, -0.2) is 4.98 Å². The van der Waals surface area contributed by atoms with Crippen LogP contribution in [0.4, 0.5) is 24.8 Å². The highest BCUT2D eigenvalue weighted by Gasteiger charge is 2.36. The van der Waals surface area contributed by atoms with Gasteiger partial charge in [-0.1, -0.05) is 27.2 Å². The van der Waals surface area contributed by atoms with Gasteiger partial charge in [0.05, 0.1) is 13.2 Å². The molecule has 0 aliphatic heterocycles. The number of nitrogens with zero attached hydrogens (tertiary/aromatic N) is 2. The van der Waals surface area contributed by atoms with Crippen molar-refractivity contribution in [2.75, 3.05) is 18.5 Å². The van der Waals surface area contributed by atoms with E-state index < -0.39 is 17.6 Å². The van der Waals surface area contributed by atoms with Crippen LogP contribution in [0, 0.1) is 5.92 Å². The number of hydrogen-bond donors (Lipinski definition) is 1. The summed E-state index contributed by atoms with van der Waals surface area (Å²) in [6, 6.07) is 7.05. The lowest BCUT2D eigenvalue weighted by atomic mass is 10.2. The lowest BCUT2D eigenvalue weighted by Crippen LogP contribution is -2.14. The number of rotatable bonds is 9. The van der Waals surface area contributed by atoms with Crippen molar-refractivity contribution in [1.82, 2.24) is 9.97 Å². The minimum Gasteiger partial charge on any atom is -0.494 e. The third kappa shape index (κ3) is 6.62. The van der Waals surface area contributed by atoms with E-state index in [1.165, 1.54) is 0 Å². The van der Waals surface area contributed by atoms with Crippen LogP contribution in [0.15, 0.2) is 30.5 Å². The van der Waals surface area contributed by atoms with Gasteiger partial charge in [-0.2, -0.15) is 18.2 Å². The predicted molar refractivity (Wildman–Crippen MR) is 97.5 cm³/mol. The van der Waals surface area contributed by atoms with Gasteiger partial charge in [-0.05, 0) is 36.6 Å². The summed E-state index contributed by atoms with van der Waals surface area (Å²) in [6.07, 6.45) is -1.83. The molecule has 0 amide bonds. The number of alkyl halides is 3. The summed E-state index contributed by atoms with van der Waals surface area (Å²) >= 11 is 0. The molecule has 0 saturated heterocycles. The van der Waals surface area contributed by atoms with Gasteiger partial charge < -0.3 is 14.8 Å². The predicted octanol–water partition coefficient (Wildman–Crippen LogP) is 5.45. The molecule has 148 valence electrons. The highest BCUT2D eigenvalue weighted by Crippen LogP contribution is 2.35. The van der Waals surface area contributed by atoms with E-state index in [-0.39, 0.29) is 18.5 Å². The molecule has 0 saturated carbocycles. The van der Waals surface area contributed by atoms with Crippen LogP contribution in [0.3, 0.4) is 0 Å². The summed E-state index contributed by atoms with van der Waals surface area (Å²) in [4.78, 5) is 7.65. The molecule has 0 aliphatic rings. The van der Waals surface area contributed by atoms with Crippen LogP contribution in [-0.2, 0) is 6.18 Å². The number of halogens is 3. The van der Waals surface area contributed by atoms with Crippen molar-refractivity contribution in [3.8, 4) is 11.6 Å². The molecule has 0 aliphatic carbocycles. The highest BCUT2D eigenvalue weighted by molar-refractivity contribution is 5.55. The standard InChI is InChI=1S/C19H24F3N3O2/c1-4-5-10-26-15-8-6-14(7-9-15)24-18-23-11-16(19(20,21)22)17(25-18)27-12-13(2)3/h6-9,11,13H,4-5,10,12H2,1-3H3,(H,23,24,25). The van der Waals surface area contributed by atoms with Gasteiger partial charge in [-0.3, -0.25) is 0 Å². The van der Waals surface area contributed by atoms with Crippen molar-refractivity contribution in [3.05, 3.63) is 36.0 Å². The third-order valence-corrected chi connectivity index (χ3v) is 3.49. The molecule has 1 N–H and O–H groups in total. The molecule has 0 spiro atoms. The zero-order chi connectivity index (χ0) is 19.9. The van der Waals surface area contributed by atoms with Gasteiger partial charge in [0.25, 0.3) is 0 Å². The van der Waals surface area contributed by atoms with Crippen molar-refractivity contribution < 1.29 is 22.6 Å². The Morgan fingerprint density at radius 3 is 2.41 bits per heavy atom. The Bertz CT molecular complexity index is 719. The molecule has 1 aromatic heterocycles. The number of ether oxygens (including phenoxy) is 2. The topological polar surface area (TPSA) is 56.3 Å². The monoisotopic (exact) mass is 383 g/mol. The van der Waals surface area contributed by atoms with E-state index in [4.69, 9.17) is 9.47 Å². The number of aromatic nitrogens is 2. The Morgan fingerprint density at radius 2 is 1.81 bits per heavy atom.